The number of carbonyl (C=O) groups is 1. The molecule has 2 aliphatic heterocycles. The number of hydrogen-bond acceptors (Lipinski definition) is 5. The van der Waals surface area contributed by atoms with Gasteiger partial charge in [0.15, 0.2) is 0 Å². The lowest BCUT2D eigenvalue weighted by Crippen LogP contribution is -2.44. The van der Waals surface area contributed by atoms with Crippen LogP contribution in [0.1, 0.15) is 5.56 Å². The van der Waals surface area contributed by atoms with Crippen molar-refractivity contribution in [3.63, 3.8) is 0 Å². The van der Waals surface area contributed by atoms with Crippen molar-refractivity contribution >= 4 is 5.91 Å². The Hall–Kier alpha value is -1.50. The lowest BCUT2D eigenvalue weighted by molar-refractivity contribution is -0.125. The van der Waals surface area contributed by atoms with E-state index in [4.69, 9.17) is 9.47 Å². The Labute approximate surface area is 130 Å². The Morgan fingerprint density at radius 2 is 2.36 bits per heavy atom. The van der Waals surface area contributed by atoms with Gasteiger partial charge in [0.2, 0.25) is 5.91 Å². The Morgan fingerprint density at radius 3 is 3.14 bits per heavy atom. The van der Waals surface area contributed by atoms with E-state index in [-0.39, 0.29) is 17.9 Å². The summed E-state index contributed by atoms with van der Waals surface area (Å²) in [4.78, 5) is 18.2. The molecular weight excluding hydrogens is 282 g/mol. The van der Waals surface area contributed by atoms with Gasteiger partial charge in [-0.1, -0.05) is 0 Å². The third-order valence-corrected chi connectivity index (χ3v) is 4.66. The van der Waals surface area contributed by atoms with Crippen LogP contribution in [0, 0.1) is 11.3 Å². The molecule has 2 saturated heterocycles. The van der Waals surface area contributed by atoms with Crippen molar-refractivity contribution < 1.29 is 14.3 Å². The SMILES string of the molecule is COCC(=O)NC[C@@]12COC[C@@H]1CN(Cc1ccncc1)C2. The van der Waals surface area contributed by atoms with E-state index in [1.165, 1.54) is 12.7 Å². The average molecular weight is 305 g/mol. The molecule has 2 aliphatic rings. The van der Waals surface area contributed by atoms with E-state index >= 15 is 0 Å². The summed E-state index contributed by atoms with van der Waals surface area (Å²) in [5.74, 6) is 0.423. The fourth-order valence-corrected chi connectivity index (χ4v) is 3.52. The fourth-order valence-electron chi connectivity index (χ4n) is 3.52. The number of carbonyl (C=O) groups excluding carboxylic acids is 1. The second-order valence-electron chi connectivity index (χ2n) is 6.31. The van der Waals surface area contributed by atoms with Crippen LogP contribution < -0.4 is 5.32 Å². The zero-order valence-electron chi connectivity index (χ0n) is 13.0. The normalized spacial score (nSPS) is 27.8. The summed E-state index contributed by atoms with van der Waals surface area (Å²) < 4.78 is 10.6. The maximum absolute atomic E-state index is 11.7. The predicted molar refractivity (Wildman–Crippen MR) is 81.1 cm³/mol. The molecule has 0 bridgehead atoms. The Kier molecular flexibility index (Phi) is 4.71. The summed E-state index contributed by atoms with van der Waals surface area (Å²) in [7, 11) is 1.53. The number of amides is 1. The smallest absolute Gasteiger partial charge is 0.246 e. The van der Waals surface area contributed by atoms with Gasteiger partial charge in [0, 0.05) is 57.0 Å². The highest BCUT2D eigenvalue weighted by molar-refractivity contribution is 5.77. The predicted octanol–water partition coefficient (Wildman–Crippen LogP) is 0.293. The number of likely N-dealkylation sites (tertiary alicyclic amines) is 1. The van der Waals surface area contributed by atoms with Crippen molar-refractivity contribution in [2.75, 3.05) is 46.6 Å². The molecule has 2 fully saturated rings. The zero-order valence-corrected chi connectivity index (χ0v) is 13.0. The molecule has 0 aliphatic carbocycles. The van der Waals surface area contributed by atoms with Crippen LogP contribution in [0.15, 0.2) is 24.5 Å². The molecule has 2 atom stereocenters. The Morgan fingerprint density at radius 1 is 1.55 bits per heavy atom. The second kappa shape index (κ2) is 6.73. The quantitative estimate of drug-likeness (QED) is 0.818. The first-order chi connectivity index (χ1) is 10.7. The number of pyridine rings is 1. The first-order valence-electron chi connectivity index (χ1n) is 7.66. The molecule has 0 aromatic carbocycles. The minimum atomic E-state index is -0.0601. The van der Waals surface area contributed by atoms with E-state index in [9.17, 15) is 4.79 Å². The molecule has 6 nitrogen and oxygen atoms in total. The molecule has 22 heavy (non-hydrogen) atoms. The first kappa shape index (κ1) is 15.4. The first-order valence-corrected chi connectivity index (χ1v) is 7.66. The molecule has 3 heterocycles. The maximum atomic E-state index is 11.7. The lowest BCUT2D eigenvalue weighted by atomic mass is 9.81. The molecule has 0 radical (unpaired) electrons. The number of fused-ring (bicyclic) bond motifs is 1. The van der Waals surface area contributed by atoms with E-state index in [1.807, 2.05) is 12.4 Å². The highest BCUT2D eigenvalue weighted by atomic mass is 16.5. The van der Waals surface area contributed by atoms with Crippen molar-refractivity contribution in [1.29, 1.82) is 0 Å². The molecule has 3 rings (SSSR count). The summed E-state index contributed by atoms with van der Waals surface area (Å²) in [6.07, 6.45) is 3.66. The molecule has 0 spiro atoms. The van der Waals surface area contributed by atoms with Crippen LogP contribution in [-0.4, -0.2) is 62.4 Å². The molecule has 6 heteroatoms. The van der Waals surface area contributed by atoms with Crippen LogP contribution in [-0.2, 0) is 20.8 Å². The summed E-state index contributed by atoms with van der Waals surface area (Å²) in [5.41, 5.74) is 1.31. The summed E-state index contributed by atoms with van der Waals surface area (Å²) in [6, 6.07) is 4.11. The van der Waals surface area contributed by atoms with Gasteiger partial charge in [0.05, 0.1) is 13.2 Å². The molecule has 1 amide bonds. The van der Waals surface area contributed by atoms with Gasteiger partial charge in [0.25, 0.3) is 0 Å². The van der Waals surface area contributed by atoms with Gasteiger partial charge >= 0.3 is 0 Å². The summed E-state index contributed by atoms with van der Waals surface area (Å²) in [6.45, 7) is 5.17. The molecule has 120 valence electrons. The molecule has 0 unspecified atom stereocenters. The van der Waals surface area contributed by atoms with E-state index in [0.29, 0.717) is 12.5 Å². The minimum Gasteiger partial charge on any atom is -0.380 e. The topological polar surface area (TPSA) is 63.7 Å². The van der Waals surface area contributed by atoms with Gasteiger partial charge in [-0.05, 0) is 17.7 Å². The number of rotatable bonds is 6. The third-order valence-electron chi connectivity index (χ3n) is 4.66. The highest BCUT2D eigenvalue weighted by Gasteiger charge is 2.50. The number of hydrogen-bond donors (Lipinski definition) is 1. The van der Waals surface area contributed by atoms with E-state index < -0.39 is 0 Å². The molecule has 0 saturated carbocycles. The fraction of sp³-hybridized carbons (Fsp3) is 0.625. The third kappa shape index (κ3) is 3.29. The molecule has 1 aromatic heterocycles. The number of nitrogens with one attached hydrogen (secondary N) is 1. The number of nitrogens with zero attached hydrogens (tertiary/aromatic N) is 2. The van der Waals surface area contributed by atoms with Gasteiger partial charge in [-0.2, -0.15) is 0 Å². The molecule has 1 N–H and O–H groups in total. The summed E-state index contributed by atoms with van der Waals surface area (Å²) in [5, 5.41) is 2.99. The standard InChI is InChI=1S/C16H23N3O3/c1-21-9-15(20)18-10-16-11-19(7-14(16)8-22-12-16)6-13-2-4-17-5-3-13/h2-5,14H,6-12H2,1H3,(H,18,20)/t14-,16+/m0/s1. The summed E-state index contributed by atoms with van der Waals surface area (Å²) >= 11 is 0. The Balaban J connectivity index is 1.60. The van der Waals surface area contributed by atoms with Crippen LogP contribution in [0.2, 0.25) is 0 Å². The van der Waals surface area contributed by atoms with Gasteiger partial charge in [-0.3, -0.25) is 14.7 Å². The van der Waals surface area contributed by atoms with Crippen molar-refractivity contribution in [2.45, 2.75) is 6.54 Å². The van der Waals surface area contributed by atoms with E-state index in [2.05, 4.69) is 27.3 Å². The van der Waals surface area contributed by atoms with Crippen molar-refractivity contribution in [3.05, 3.63) is 30.1 Å². The van der Waals surface area contributed by atoms with E-state index in [0.717, 1.165) is 32.8 Å². The van der Waals surface area contributed by atoms with E-state index in [1.54, 1.807) is 0 Å². The average Bonchev–Trinajstić information content (AvgIpc) is 3.03. The van der Waals surface area contributed by atoms with Crippen molar-refractivity contribution in [3.8, 4) is 0 Å². The van der Waals surface area contributed by atoms with Crippen molar-refractivity contribution in [2.24, 2.45) is 11.3 Å². The molecule has 1 aromatic rings. The monoisotopic (exact) mass is 305 g/mol. The minimum absolute atomic E-state index is 0.0381. The number of ether oxygens (including phenoxy) is 2. The largest absolute Gasteiger partial charge is 0.380 e. The van der Waals surface area contributed by atoms with Crippen LogP contribution in [0.4, 0.5) is 0 Å². The Bertz CT molecular complexity index is 511. The van der Waals surface area contributed by atoms with Crippen LogP contribution in [0.3, 0.4) is 0 Å². The van der Waals surface area contributed by atoms with Crippen LogP contribution in [0.5, 0.6) is 0 Å². The zero-order chi connectivity index (χ0) is 15.4. The van der Waals surface area contributed by atoms with Gasteiger partial charge in [-0.25, -0.2) is 0 Å². The number of methoxy groups -OCH3 is 1. The van der Waals surface area contributed by atoms with Crippen LogP contribution >= 0.6 is 0 Å². The lowest BCUT2D eigenvalue weighted by Gasteiger charge is -2.27. The number of aromatic nitrogens is 1. The van der Waals surface area contributed by atoms with Gasteiger partial charge in [-0.15, -0.1) is 0 Å². The van der Waals surface area contributed by atoms with Crippen LogP contribution in [0.25, 0.3) is 0 Å². The van der Waals surface area contributed by atoms with Crippen molar-refractivity contribution in [1.82, 2.24) is 15.2 Å². The maximum Gasteiger partial charge on any atom is 0.246 e. The second-order valence-corrected chi connectivity index (χ2v) is 6.31. The molecular formula is C16H23N3O3. The van der Waals surface area contributed by atoms with Gasteiger partial charge in [0.1, 0.15) is 6.61 Å². The highest BCUT2D eigenvalue weighted by Crippen LogP contribution is 2.41. The van der Waals surface area contributed by atoms with Gasteiger partial charge < -0.3 is 14.8 Å².